The summed E-state index contributed by atoms with van der Waals surface area (Å²) >= 11 is 0. The number of tetrazole rings is 1. The van der Waals surface area contributed by atoms with E-state index in [1.165, 1.54) is 0 Å². The van der Waals surface area contributed by atoms with Crippen molar-refractivity contribution in [1.29, 1.82) is 0 Å². The third kappa shape index (κ3) is 5.37. The summed E-state index contributed by atoms with van der Waals surface area (Å²) in [5, 5.41) is 14.6. The van der Waals surface area contributed by atoms with Crippen molar-refractivity contribution in [2.75, 3.05) is 0 Å². The fourth-order valence-electron chi connectivity index (χ4n) is 7.32. The number of nitrogens with zero attached hydrogens (tertiary/aromatic N) is 6. The number of hydrogen-bond donors (Lipinski definition) is 0. The van der Waals surface area contributed by atoms with Gasteiger partial charge in [-0.15, -0.1) is 15.0 Å². The number of carbonyl (C=O) groups excluding carboxylic acids is 1. The van der Waals surface area contributed by atoms with Gasteiger partial charge >= 0.3 is 0 Å². The van der Waals surface area contributed by atoms with Gasteiger partial charge in [0.2, 0.25) is 5.82 Å². The monoisotopic (exact) mass is 652 g/mol. The number of carbonyl (C=O) groups is 1. The van der Waals surface area contributed by atoms with Gasteiger partial charge in [-0.1, -0.05) is 153 Å². The van der Waals surface area contributed by atoms with E-state index in [1.807, 2.05) is 89.8 Å². The maximum absolute atomic E-state index is 13.4. The lowest BCUT2D eigenvalue weighted by atomic mass is 9.77. The molecule has 0 aliphatic carbocycles. The summed E-state index contributed by atoms with van der Waals surface area (Å²) in [6.45, 7) is 2.67. The van der Waals surface area contributed by atoms with Crippen LogP contribution in [0.15, 0.2) is 158 Å². The second kappa shape index (κ2) is 13.4. The first kappa shape index (κ1) is 31.1. The number of benzene rings is 5. The molecule has 1 aliphatic heterocycles. The highest BCUT2D eigenvalue weighted by atomic mass is 16.2. The van der Waals surface area contributed by atoms with Crippen LogP contribution in [0.25, 0.3) is 22.5 Å². The highest BCUT2D eigenvalue weighted by Gasteiger charge is 2.41. The predicted octanol–water partition coefficient (Wildman–Crippen LogP) is 8.74. The van der Waals surface area contributed by atoms with Crippen LogP contribution in [0, 0.1) is 0 Å². The van der Waals surface area contributed by atoms with Crippen LogP contribution < -0.4 is 0 Å². The molecule has 244 valence electrons. The average Bonchev–Trinajstić information content (AvgIpc) is 3.77. The van der Waals surface area contributed by atoms with E-state index in [0.717, 1.165) is 57.5 Å². The molecule has 0 saturated carbocycles. The minimum atomic E-state index is -0.858. The van der Waals surface area contributed by atoms with Crippen molar-refractivity contribution in [2.45, 2.75) is 37.9 Å². The Hall–Kier alpha value is -6.21. The molecule has 0 radical (unpaired) electrons. The molecule has 0 saturated heterocycles. The van der Waals surface area contributed by atoms with Crippen LogP contribution in [0.2, 0.25) is 0 Å². The van der Waals surface area contributed by atoms with Gasteiger partial charge in [0.05, 0.1) is 17.3 Å². The Morgan fingerprint density at radius 1 is 0.640 bits per heavy atom. The van der Waals surface area contributed by atoms with Gasteiger partial charge in [-0.05, 0) is 57.1 Å². The maximum atomic E-state index is 13.4. The quantitative estimate of drug-likeness (QED) is 0.138. The van der Waals surface area contributed by atoms with Crippen LogP contribution in [-0.4, -0.2) is 36.0 Å². The molecule has 0 spiro atoms. The van der Waals surface area contributed by atoms with Gasteiger partial charge in [-0.3, -0.25) is 9.78 Å². The van der Waals surface area contributed by atoms with Crippen molar-refractivity contribution in [1.82, 2.24) is 30.1 Å². The topological polar surface area (TPSA) is 76.8 Å². The van der Waals surface area contributed by atoms with Gasteiger partial charge in [0.25, 0.3) is 5.91 Å². The van der Waals surface area contributed by atoms with E-state index in [9.17, 15) is 4.79 Å². The first-order valence-corrected chi connectivity index (χ1v) is 17.1. The molecule has 50 heavy (non-hydrogen) atoms. The molecule has 1 aliphatic rings. The summed E-state index contributed by atoms with van der Waals surface area (Å²) < 4.78 is 0. The number of rotatable bonds is 10. The lowest BCUT2D eigenvalue weighted by Crippen LogP contribution is -2.39. The summed E-state index contributed by atoms with van der Waals surface area (Å²) in [4.78, 5) is 21.7. The minimum Gasteiger partial charge on any atom is -0.326 e. The molecule has 0 fully saturated rings. The van der Waals surface area contributed by atoms with Crippen LogP contribution in [-0.2, 0) is 12.1 Å². The van der Waals surface area contributed by atoms with Crippen LogP contribution in [0.1, 0.15) is 64.1 Å². The molecular weight excluding hydrogens is 617 g/mol. The zero-order chi connectivity index (χ0) is 33.9. The van der Waals surface area contributed by atoms with Crippen molar-refractivity contribution in [3.05, 3.63) is 191 Å². The van der Waals surface area contributed by atoms with E-state index >= 15 is 0 Å². The van der Waals surface area contributed by atoms with Crippen LogP contribution in [0.3, 0.4) is 0 Å². The number of fused-ring (bicyclic) bond motifs is 1. The lowest BCUT2D eigenvalue weighted by molar-refractivity contribution is 0.0699. The van der Waals surface area contributed by atoms with Gasteiger partial charge in [-0.2, -0.15) is 0 Å². The number of pyridine rings is 1. The molecule has 1 atom stereocenters. The van der Waals surface area contributed by atoms with Gasteiger partial charge < -0.3 is 4.90 Å². The van der Waals surface area contributed by atoms with Crippen molar-refractivity contribution < 1.29 is 4.79 Å². The second-order valence-corrected chi connectivity index (χ2v) is 12.6. The number of amides is 1. The smallest absolute Gasteiger partial charge is 0.256 e. The van der Waals surface area contributed by atoms with Gasteiger partial charge in [0.15, 0.2) is 5.54 Å². The molecule has 7 heteroatoms. The molecule has 3 heterocycles. The SMILES string of the molecule is CCCC1c2ncccc2C(=O)N1Cc1ccc(-c2ccccc2-c2nnn(C(c3ccccc3)(c3ccccc3)c3ccccc3)n2)cc1. The van der Waals surface area contributed by atoms with Gasteiger partial charge in [0.1, 0.15) is 0 Å². The molecule has 1 amide bonds. The zero-order valence-electron chi connectivity index (χ0n) is 27.8. The van der Waals surface area contributed by atoms with Crippen molar-refractivity contribution >= 4 is 5.91 Å². The largest absolute Gasteiger partial charge is 0.326 e. The standard InChI is InChI=1S/C43H36N6O/c1-2-15-39-40-38(24-14-29-44-40)42(50)48(39)30-31-25-27-32(28-26-31)36-22-12-13-23-37(36)41-45-47-49(46-41)43(33-16-6-3-7-17-33,34-18-8-4-9-19-34)35-20-10-5-11-21-35/h3-14,16-29,39H,2,15,30H2,1H3. The second-order valence-electron chi connectivity index (χ2n) is 12.6. The normalized spacial score (nSPS) is 14.1. The van der Waals surface area contributed by atoms with Crippen LogP contribution in [0.5, 0.6) is 0 Å². The minimum absolute atomic E-state index is 0.00688. The van der Waals surface area contributed by atoms with E-state index in [-0.39, 0.29) is 11.9 Å². The van der Waals surface area contributed by atoms with Crippen molar-refractivity contribution in [3.63, 3.8) is 0 Å². The average molecular weight is 653 g/mol. The number of aromatic nitrogens is 5. The van der Waals surface area contributed by atoms with Gasteiger partial charge in [-0.25, -0.2) is 0 Å². The Kier molecular flexibility index (Phi) is 8.30. The Morgan fingerprint density at radius 2 is 1.20 bits per heavy atom. The molecule has 2 aromatic heterocycles. The molecule has 5 aromatic carbocycles. The highest BCUT2D eigenvalue weighted by Crippen LogP contribution is 2.41. The van der Waals surface area contributed by atoms with E-state index in [4.69, 9.17) is 15.4 Å². The predicted molar refractivity (Wildman–Crippen MR) is 195 cm³/mol. The Morgan fingerprint density at radius 3 is 1.80 bits per heavy atom. The molecule has 1 unspecified atom stereocenters. The lowest BCUT2D eigenvalue weighted by Gasteiger charge is -2.34. The van der Waals surface area contributed by atoms with Crippen molar-refractivity contribution in [3.8, 4) is 22.5 Å². The Bertz CT molecular complexity index is 2140. The summed E-state index contributed by atoms with van der Waals surface area (Å²) in [5.74, 6) is 0.583. The summed E-state index contributed by atoms with van der Waals surface area (Å²) in [7, 11) is 0. The van der Waals surface area contributed by atoms with E-state index < -0.39 is 5.54 Å². The fourth-order valence-corrected chi connectivity index (χ4v) is 7.32. The van der Waals surface area contributed by atoms with E-state index in [1.54, 1.807) is 11.0 Å². The Labute approximate surface area is 291 Å². The molecule has 8 rings (SSSR count). The van der Waals surface area contributed by atoms with Crippen LogP contribution in [0.4, 0.5) is 0 Å². The summed E-state index contributed by atoms with van der Waals surface area (Å²) in [6, 6.07) is 51.4. The first-order chi connectivity index (χ1) is 24.7. The third-order valence-corrected chi connectivity index (χ3v) is 9.66. The molecular formula is C43H36N6O. The molecule has 7 aromatic rings. The zero-order valence-corrected chi connectivity index (χ0v) is 27.8. The maximum Gasteiger partial charge on any atom is 0.256 e. The highest BCUT2D eigenvalue weighted by molar-refractivity contribution is 5.98. The fraction of sp³-hybridized carbons (Fsp3) is 0.140. The summed E-state index contributed by atoms with van der Waals surface area (Å²) in [6.07, 6.45) is 3.64. The molecule has 0 N–H and O–H groups in total. The van der Waals surface area contributed by atoms with Crippen LogP contribution >= 0.6 is 0 Å². The van der Waals surface area contributed by atoms with E-state index in [0.29, 0.717) is 17.9 Å². The molecule has 0 bridgehead atoms. The third-order valence-electron chi connectivity index (χ3n) is 9.66. The Balaban J connectivity index is 1.16. The summed E-state index contributed by atoms with van der Waals surface area (Å²) in [5.41, 5.74) is 7.82. The van der Waals surface area contributed by atoms with Crippen molar-refractivity contribution in [2.24, 2.45) is 0 Å². The number of hydrogen-bond acceptors (Lipinski definition) is 5. The first-order valence-electron chi connectivity index (χ1n) is 17.1. The van der Waals surface area contributed by atoms with E-state index in [2.05, 4.69) is 78.6 Å². The molecule has 7 nitrogen and oxygen atoms in total. The van der Waals surface area contributed by atoms with Gasteiger partial charge in [0, 0.05) is 18.3 Å².